The lowest BCUT2D eigenvalue weighted by atomic mass is 9.98. The van der Waals surface area contributed by atoms with Crippen LogP contribution in [0.3, 0.4) is 0 Å². The average molecular weight is 1000 g/mol. The topological polar surface area (TPSA) is 285 Å². The highest BCUT2D eigenvalue weighted by Gasteiger charge is 2.34. The number of aromatic hydroxyl groups is 1. The number of carbonyl (C=O) groups is 2. The molecule has 4 aromatic rings. The minimum Gasteiger partial charge on any atom is -0.508 e. The number of hydrogen-bond acceptors (Lipinski definition) is 19. The third kappa shape index (κ3) is 16.0. The lowest BCUT2D eigenvalue weighted by Gasteiger charge is -2.38. The Kier molecular flexibility index (Phi) is 21.7. The number of unbranched alkanes of at least 4 members (excludes halogenated alkanes) is 1. The number of aromatic nitrogens is 9. The van der Waals surface area contributed by atoms with E-state index in [0.717, 1.165) is 31.2 Å². The van der Waals surface area contributed by atoms with Crippen LogP contribution in [0.1, 0.15) is 101 Å². The molecule has 2 fully saturated rings. The van der Waals surface area contributed by atoms with Crippen LogP contribution < -0.4 is 32.3 Å². The quantitative estimate of drug-likeness (QED) is 0.0385. The highest BCUT2D eigenvalue weighted by atomic mass is 16.5. The standard InChI is InChI=1S/C49H77N17O6/c1-6-25-70-27-29-72-30-28-71-26-16-53-47-54-48(63-21-17-61(18-22-63)45(68)42(10-8-9-15-50)65-33-40(57-59-65)39(51)31-35(3)4)56-49(55-47)64-23-19-62(20-24-64)46(69)43(32-37-11-13-38(67)14-12-37)66-34-41(58-60-66)44(52)36(5)7-2/h1,11-14,33-36,39,42-44,67H,7-10,15-32,50-52H2,2-5H3,(H,53,54,55,56)/t36?,39-,42-,43+,44-/m0/s1. The summed E-state index contributed by atoms with van der Waals surface area (Å²) in [6.07, 6.45) is 12.9. The second kappa shape index (κ2) is 28.3. The molecule has 2 aliphatic heterocycles. The maximum absolute atomic E-state index is 14.5. The zero-order valence-corrected chi connectivity index (χ0v) is 42.6. The van der Waals surface area contributed by atoms with Gasteiger partial charge >= 0.3 is 0 Å². The van der Waals surface area contributed by atoms with Crippen molar-refractivity contribution in [1.29, 1.82) is 0 Å². The number of phenolic OH excluding ortho intramolecular Hbond substituents is 1. The van der Waals surface area contributed by atoms with E-state index in [-0.39, 0.29) is 42.2 Å². The number of nitrogens with one attached hydrogen (secondary N) is 1. The molecule has 23 nitrogen and oxygen atoms in total. The monoisotopic (exact) mass is 1000 g/mol. The summed E-state index contributed by atoms with van der Waals surface area (Å²) in [5.41, 5.74) is 21.0. The predicted molar refractivity (Wildman–Crippen MR) is 273 cm³/mol. The van der Waals surface area contributed by atoms with Gasteiger partial charge < -0.3 is 61.4 Å². The van der Waals surface area contributed by atoms with Gasteiger partial charge in [0.2, 0.25) is 29.7 Å². The molecule has 2 saturated heterocycles. The van der Waals surface area contributed by atoms with Gasteiger partial charge in [-0.25, -0.2) is 9.36 Å². The molecule has 6 rings (SSSR count). The van der Waals surface area contributed by atoms with Crippen molar-refractivity contribution >= 4 is 29.7 Å². The van der Waals surface area contributed by atoms with Gasteiger partial charge in [-0.15, -0.1) is 16.6 Å². The first kappa shape index (κ1) is 55.3. The van der Waals surface area contributed by atoms with Crippen LogP contribution in [0.5, 0.6) is 5.75 Å². The smallest absolute Gasteiger partial charge is 0.247 e. The minimum absolute atomic E-state index is 0.0291. The molecule has 0 spiro atoms. The van der Waals surface area contributed by atoms with Gasteiger partial charge in [0.15, 0.2) is 0 Å². The molecule has 1 aromatic carbocycles. The fraction of sp³-hybridized carbons (Fsp3) is 0.653. The van der Waals surface area contributed by atoms with Crippen LogP contribution in [0.4, 0.5) is 17.8 Å². The average Bonchev–Trinajstić information content (AvgIpc) is 4.10. The summed E-state index contributed by atoms with van der Waals surface area (Å²) in [6.45, 7) is 15.2. The van der Waals surface area contributed by atoms with Crippen LogP contribution in [0.2, 0.25) is 0 Å². The number of amides is 2. The van der Waals surface area contributed by atoms with Crippen LogP contribution in [-0.2, 0) is 30.2 Å². The fourth-order valence-corrected chi connectivity index (χ4v) is 8.58. The molecule has 2 amide bonds. The number of terminal acetylenes is 1. The molecule has 0 radical (unpaired) electrons. The summed E-state index contributed by atoms with van der Waals surface area (Å²) in [7, 11) is 0. The van der Waals surface area contributed by atoms with E-state index in [4.69, 9.17) is 52.8 Å². The van der Waals surface area contributed by atoms with Crippen LogP contribution >= 0.6 is 0 Å². The van der Waals surface area contributed by atoms with Crippen LogP contribution in [0.15, 0.2) is 36.7 Å². The number of rotatable bonds is 29. The van der Waals surface area contributed by atoms with Gasteiger partial charge in [-0.05, 0) is 61.8 Å². The lowest BCUT2D eigenvalue weighted by molar-refractivity contribution is -0.136. The van der Waals surface area contributed by atoms with Crippen LogP contribution in [0, 0.1) is 24.2 Å². The molecule has 8 N–H and O–H groups in total. The second-order valence-corrected chi connectivity index (χ2v) is 18.9. The zero-order chi connectivity index (χ0) is 51.4. The number of nitrogens with two attached hydrogens (primary N) is 3. The number of carbonyl (C=O) groups excluding carboxylic acids is 2. The number of hydrogen-bond donors (Lipinski definition) is 5. The summed E-state index contributed by atoms with van der Waals surface area (Å²) >= 11 is 0. The van der Waals surface area contributed by atoms with Gasteiger partial charge in [-0.2, -0.15) is 15.0 Å². The van der Waals surface area contributed by atoms with E-state index in [1.165, 1.54) is 0 Å². The highest BCUT2D eigenvalue weighted by Crippen LogP contribution is 2.27. The van der Waals surface area contributed by atoms with Crippen molar-refractivity contribution in [3.63, 3.8) is 0 Å². The Balaban J connectivity index is 1.14. The van der Waals surface area contributed by atoms with E-state index in [1.54, 1.807) is 39.8 Å². The molecule has 0 bridgehead atoms. The maximum Gasteiger partial charge on any atom is 0.247 e. The SMILES string of the molecule is C#CCOCCOCCOCCNc1nc(N2CCN(C(=O)[C@@H](Cc3ccc(O)cc3)n3cc([C@@H](N)C(C)CC)nn3)CC2)nc(N2CCN(C(=O)[C@H](CCCCN)n3cc([C@@H](N)CC(C)C)nn3)CC2)n1. The van der Waals surface area contributed by atoms with E-state index < -0.39 is 12.1 Å². The summed E-state index contributed by atoms with van der Waals surface area (Å²) in [5.74, 6) is 4.32. The van der Waals surface area contributed by atoms with Crippen molar-refractivity contribution in [2.24, 2.45) is 29.0 Å². The molecule has 1 unspecified atom stereocenters. The molecular weight excluding hydrogens is 923 g/mol. The number of benzene rings is 1. The Bertz CT molecular complexity index is 2290. The molecule has 0 saturated carbocycles. The number of nitrogens with zero attached hydrogens (tertiary/aromatic N) is 13. The number of ether oxygens (including phenoxy) is 3. The molecule has 3 aromatic heterocycles. The van der Waals surface area contributed by atoms with Crippen molar-refractivity contribution in [2.45, 2.75) is 90.4 Å². The highest BCUT2D eigenvalue weighted by molar-refractivity contribution is 5.81. The normalized spacial score (nSPS) is 16.4. The van der Waals surface area contributed by atoms with E-state index in [2.05, 4.69) is 69.4 Å². The largest absolute Gasteiger partial charge is 0.508 e. The van der Waals surface area contributed by atoms with E-state index >= 15 is 0 Å². The zero-order valence-electron chi connectivity index (χ0n) is 42.6. The summed E-state index contributed by atoms with van der Waals surface area (Å²) < 4.78 is 19.9. The fourth-order valence-electron chi connectivity index (χ4n) is 8.58. The molecule has 23 heteroatoms. The van der Waals surface area contributed by atoms with Gasteiger partial charge in [0, 0.05) is 65.3 Å². The Morgan fingerprint density at radius 3 is 1.90 bits per heavy atom. The molecule has 72 heavy (non-hydrogen) atoms. The minimum atomic E-state index is -0.693. The van der Waals surface area contributed by atoms with Crippen LogP contribution in [0.25, 0.3) is 0 Å². The van der Waals surface area contributed by atoms with E-state index in [1.807, 2.05) is 16.0 Å². The number of phenols is 1. The van der Waals surface area contributed by atoms with E-state index in [9.17, 15) is 14.7 Å². The number of piperazine rings is 2. The molecular formula is C49H77N17O6. The lowest BCUT2D eigenvalue weighted by Crippen LogP contribution is -2.52. The Morgan fingerprint density at radius 2 is 1.32 bits per heavy atom. The van der Waals surface area contributed by atoms with Gasteiger partial charge in [0.25, 0.3) is 0 Å². The summed E-state index contributed by atoms with van der Waals surface area (Å²) in [6, 6.07) is 5.02. The van der Waals surface area contributed by atoms with Crippen molar-refractivity contribution < 1.29 is 28.9 Å². The van der Waals surface area contributed by atoms with E-state index in [0.29, 0.717) is 146 Å². The van der Waals surface area contributed by atoms with Crippen molar-refractivity contribution in [2.75, 3.05) is 120 Å². The van der Waals surface area contributed by atoms with Gasteiger partial charge in [-0.1, -0.05) is 62.6 Å². The first-order valence-electron chi connectivity index (χ1n) is 25.5. The molecule has 0 aliphatic carbocycles. The molecule has 2 aliphatic rings. The van der Waals surface area contributed by atoms with Gasteiger partial charge in [-0.3, -0.25) is 9.59 Å². The van der Waals surface area contributed by atoms with Crippen molar-refractivity contribution in [1.82, 2.24) is 54.7 Å². The summed E-state index contributed by atoms with van der Waals surface area (Å²) in [4.78, 5) is 51.3. The second-order valence-electron chi connectivity index (χ2n) is 18.9. The van der Waals surface area contributed by atoms with Crippen molar-refractivity contribution in [3.05, 3.63) is 53.6 Å². The third-order valence-corrected chi connectivity index (χ3v) is 13.1. The molecule has 5 heterocycles. The Labute approximate surface area is 423 Å². The third-order valence-electron chi connectivity index (χ3n) is 13.1. The molecule has 394 valence electrons. The Hall–Kier alpha value is -6.03. The summed E-state index contributed by atoms with van der Waals surface area (Å²) in [5, 5.41) is 30.8. The molecule has 5 atom stereocenters. The first-order chi connectivity index (χ1) is 34.9. The van der Waals surface area contributed by atoms with Crippen LogP contribution in [-0.4, -0.2) is 177 Å². The first-order valence-corrected chi connectivity index (χ1v) is 25.5. The Morgan fingerprint density at radius 1 is 0.764 bits per heavy atom. The number of anilines is 3. The predicted octanol–water partition coefficient (Wildman–Crippen LogP) is 2.10. The van der Waals surface area contributed by atoms with Gasteiger partial charge in [0.05, 0.1) is 68.9 Å². The van der Waals surface area contributed by atoms with Gasteiger partial charge in [0.1, 0.15) is 24.4 Å². The maximum atomic E-state index is 14.5. The van der Waals surface area contributed by atoms with Crippen molar-refractivity contribution in [3.8, 4) is 18.1 Å².